The minimum Gasteiger partial charge on any atom is -0.483 e. The largest absolute Gasteiger partial charge is 0.483 e. The quantitative estimate of drug-likeness (QED) is 0.555. The molecule has 28 valence electrons. The van der Waals surface area contributed by atoms with Gasteiger partial charge in [0.05, 0.1) is 0 Å². The number of rotatable bonds is 0. The minimum atomic E-state index is -0.250. The van der Waals surface area contributed by atoms with Gasteiger partial charge in [-0.3, -0.25) is 4.79 Å². The zero-order chi connectivity index (χ0) is 2.71. The summed E-state index contributed by atoms with van der Waals surface area (Å²) < 4.78 is 0. The molecule has 0 saturated heterocycles. The van der Waals surface area contributed by atoms with Crippen LogP contribution in [0.2, 0.25) is 0 Å². The summed E-state index contributed by atoms with van der Waals surface area (Å²) in [5, 5.41) is 6.89. The van der Waals surface area contributed by atoms with Gasteiger partial charge in [-0.05, 0) is 0 Å². The van der Waals surface area contributed by atoms with Crippen molar-refractivity contribution in [2.45, 2.75) is 0 Å². The van der Waals surface area contributed by atoms with Crippen LogP contribution in [-0.4, -0.2) is 11.6 Å². The summed E-state index contributed by atoms with van der Waals surface area (Å²) >= 11 is 0. The maximum atomic E-state index is 8.36. The molecule has 2 nitrogen and oxygen atoms in total. The topological polar surface area (TPSA) is 37.3 Å². The number of carbonyl (C=O) groups is 1. The van der Waals surface area contributed by atoms with Crippen molar-refractivity contribution in [1.29, 1.82) is 0 Å². The Balaban J connectivity index is 0. The van der Waals surface area contributed by atoms with E-state index in [1.807, 2.05) is 0 Å². The third-order valence-electron chi connectivity index (χ3n) is 0. The van der Waals surface area contributed by atoms with E-state index in [-0.39, 0.29) is 44.6 Å². The Bertz CT molecular complexity index is 13.5. The molecule has 0 amide bonds. The monoisotopic (exact) mass is 210 g/mol. The summed E-state index contributed by atoms with van der Waals surface area (Å²) in [4.78, 5) is 8.36. The predicted octanol–water partition coefficient (Wildman–Crippen LogP) is -0.299. The van der Waals surface area contributed by atoms with E-state index in [1.165, 1.54) is 0 Å². The van der Waals surface area contributed by atoms with Gasteiger partial charge in [-0.15, -0.1) is 0 Å². The van der Waals surface area contributed by atoms with Crippen molar-refractivity contribution < 1.29 is 48.1 Å². The predicted molar refractivity (Wildman–Crippen MR) is 8.69 cm³/mol. The number of carboxylic acid groups (broad SMARTS) is 1. The molecule has 4 heavy (non-hydrogen) atoms. The van der Waals surface area contributed by atoms with Crippen LogP contribution in [0.1, 0.15) is 0 Å². The molecule has 0 aliphatic carbocycles. The van der Waals surface area contributed by atoms with Crippen LogP contribution in [0.5, 0.6) is 0 Å². The molecule has 0 aromatic rings. The van der Waals surface area contributed by atoms with Crippen molar-refractivity contribution in [3.05, 3.63) is 0 Å². The van der Waals surface area contributed by atoms with Crippen molar-refractivity contribution in [3.8, 4) is 0 Å². The van der Waals surface area contributed by atoms with Gasteiger partial charge in [0, 0.05) is 38.2 Å². The Morgan fingerprint density at radius 2 is 1.75 bits per heavy atom. The zero-order valence-corrected chi connectivity index (χ0v) is 3.78. The fraction of sp³-hybridized carbons (Fsp3) is 0. The van der Waals surface area contributed by atoms with E-state index in [1.54, 1.807) is 0 Å². The molecule has 0 saturated carbocycles. The standard InChI is InChI=1S/CH2O2.Dy/c2-1-3;/h1H,(H,2,3);. The SMILES string of the molecule is O=CO.[Dy]. The summed E-state index contributed by atoms with van der Waals surface area (Å²) in [7, 11) is 0. The van der Waals surface area contributed by atoms with Gasteiger partial charge >= 0.3 is 0 Å². The third-order valence-corrected chi connectivity index (χ3v) is 0. The Morgan fingerprint density at radius 3 is 1.75 bits per heavy atom. The van der Waals surface area contributed by atoms with Gasteiger partial charge in [-0.2, -0.15) is 0 Å². The van der Waals surface area contributed by atoms with Crippen LogP contribution in [0.25, 0.3) is 0 Å². The summed E-state index contributed by atoms with van der Waals surface area (Å²) in [6.45, 7) is -0.250. The maximum absolute atomic E-state index is 8.36. The molecule has 0 fully saturated rings. The van der Waals surface area contributed by atoms with Crippen LogP contribution in [0.3, 0.4) is 0 Å². The Morgan fingerprint density at radius 1 is 1.75 bits per heavy atom. The first-order valence-corrected chi connectivity index (χ1v) is 0.494. The average Bonchev–Trinajstić information content (AvgIpc) is 0.918. The third kappa shape index (κ3) is 15.1. The Labute approximate surface area is 54.2 Å². The summed E-state index contributed by atoms with van der Waals surface area (Å²) in [5.41, 5.74) is 0. The molecule has 0 aromatic carbocycles. The Kier molecular flexibility index (Phi) is 20.5. The van der Waals surface area contributed by atoms with Crippen molar-refractivity contribution in [2.24, 2.45) is 0 Å². The van der Waals surface area contributed by atoms with Crippen molar-refractivity contribution in [1.82, 2.24) is 0 Å². The summed E-state index contributed by atoms with van der Waals surface area (Å²) in [6.07, 6.45) is 0. The van der Waals surface area contributed by atoms with Crippen molar-refractivity contribution in [2.75, 3.05) is 0 Å². The van der Waals surface area contributed by atoms with Gasteiger partial charge in [-0.25, -0.2) is 0 Å². The second-order valence-electron chi connectivity index (χ2n) is 0.105. The molecule has 0 rings (SSSR count). The van der Waals surface area contributed by atoms with Crippen LogP contribution < -0.4 is 0 Å². The van der Waals surface area contributed by atoms with Crippen LogP contribution in [0.15, 0.2) is 0 Å². The molecule has 0 unspecified atom stereocenters. The van der Waals surface area contributed by atoms with Crippen LogP contribution >= 0.6 is 0 Å². The molecule has 1 N–H and O–H groups in total. The molecule has 0 bridgehead atoms. The molecule has 0 radical (unpaired) electrons. The minimum absolute atomic E-state index is 0. The van der Waals surface area contributed by atoms with E-state index < -0.39 is 0 Å². The van der Waals surface area contributed by atoms with Gasteiger partial charge in [0.2, 0.25) is 0 Å². The van der Waals surface area contributed by atoms with E-state index in [0.717, 1.165) is 0 Å². The first-order valence-electron chi connectivity index (χ1n) is 0.494. The van der Waals surface area contributed by atoms with Crippen LogP contribution in [0.4, 0.5) is 0 Å². The first-order chi connectivity index (χ1) is 1.41. The van der Waals surface area contributed by atoms with E-state index >= 15 is 0 Å². The smallest absolute Gasteiger partial charge is 0.290 e. The molecular weight excluding hydrogens is 207 g/mol. The molecule has 3 heteroatoms. The maximum Gasteiger partial charge on any atom is 0.290 e. The molecule has 0 spiro atoms. The second-order valence-corrected chi connectivity index (χ2v) is 0.105. The van der Waals surface area contributed by atoms with Gasteiger partial charge in [0.15, 0.2) is 0 Å². The molecule has 0 aliphatic rings. The number of hydrogen-bond donors (Lipinski definition) is 1. The van der Waals surface area contributed by atoms with E-state index in [0.29, 0.717) is 0 Å². The average molecular weight is 209 g/mol. The van der Waals surface area contributed by atoms with Crippen molar-refractivity contribution in [3.63, 3.8) is 0 Å². The fourth-order valence-corrected chi connectivity index (χ4v) is 0. The molecule has 0 aromatic heterocycles. The van der Waals surface area contributed by atoms with E-state index in [2.05, 4.69) is 0 Å². The molecular formula is CH2DyO2. The summed E-state index contributed by atoms with van der Waals surface area (Å²) in [6, 6.07) is 0. The fourth-order valence-electron chi connectivity index (χ4n) is 0. The summed E-state index contributed by atoms with van der Waals surface area (Å²) in [5.74, 6) is 0. The zero-order valence-electron chi connectivity index (χ0n) is 1.75. The van der Waals surface area contributed by atoms with E-state index in [4.69, 9.17) is 9.90 Å². The molecule has 0 atom stereocenters. The Hall–Kier alpha value is 0.743. The van der Waals surface area contributed by atoms with Gasteiger partial charge in [0.25, 0.3) is 6.47 Å². The van der Waals surface area contributed by atoms with Crippen LogP contribution in [-0.2, 0) is 4.79 Å². The first kappa shape index (κ1) is 8.83. The van der Waals surface area contributed by atoms with Crippen LogP contribution in [0, 0.1) is 38.2 Å². The normalized spacial score (nSPS) is 3.00. The van der Waals surface area contributed by atoms with Gasteiger partial charge in [-0.1, -0.05) is 0 Å². The second kappa shape index (κ2) is 9.27. The van der Waals surface area contributed by atoms with Gasteiger partial charge in [0.1, 0.15) is 0 Å². The molecule has 0 heterocycles. The van der Waals surface area contributed by atoms with Crippen molar-refractivity contribution >= 4 is 6.47 Å². The van der Waals surface area contributed by atoms with Gasteiger partial charge < -0.3 is 5.11 Å². The van der Waals surface area contributed by atoms with E-state index in [9.17, 15) is 0 Å². The molecule has 0 aliphatic heterocycles. The number of hydrogen-bond acceptors (Lipinski definition) is 1.